The number of hydrogen-bond donors (Lipinski definition) is 0. The summed E-state index contributed by atoms with van der Waals surface area (Å²) >= 11 is 0. The van der Waals surface area contributed by atoms with Crippen molar-refractivity contribution in [3.63, 3.8) is 0 Å². The summed E-state index contributed by atoms with van der Waals surface area (Å²) in [6, 6.07) is 0. The van der Waals surface area contributed by atoms with E-state index in [4.69, 9.17) is 0 Å². The SMILES string of the molecule is CCCCCCCN1CCC(F)CC1. The Balaban J connectivity index is 1.91. The fourth-order valence-electron chi connectivity index (χ4n) is 2.06. The summed E-state index contributed by atoms with van der Waals surface area (Å²) in [5.74, 6) is 0. The van der Waals surface area contributed by atoms with E-state index in [1.165, 1.54) is 38.6 Å². The van der Waals surface area contributed by atoms with E-state index in [1.54, 1.807) is 0 Å². The van der Waals surface area contributed by atoms with Gasteiger partial charge in [-0.25, -0.2) is 4.39 Å². The highest BCUT2D eigenvalue weighted by Gasteiger charge is 2.17. The summed E-state index contributed by atoms with van der Waals surface area (Å²) in [5.41, 5.74) is 0. The number of unbranched alkanes of at least 4 members (excludes halogenated alkanes) is 4. The highest BCUT2D eigenvalue weighted by molar-refractivity contribution is 4.70. The Morgan fingerprint density at radius 1 is 1.07 bits per heavy atom. The molecule has 1 heterocycles. The van der Waals surface area contributed by atoms with Gasteiger partial charge in [-0.3, -0.25) is 0 Å². The van der Waals surface area contributed by atoms with Crippen LogP contribution < -0.4 is 0 Å². The Morgan fingerprint density at radius 2 is 1.71 bits per heavy atom. The highest BCUT2D eigenvalue weighted by atomic mass is 19.1. The lowest BCUT2D eigenvalue weighted by Gasteiger charge is -2.28. The predicted octanol–water partition coefficient (Wildman–Crippen LogP) is 3.39. The average Bonchev–Trinajstić information content (AvgIpc) is 2.21. The third kappa shape index (κ3) is 4.94. The number of likely N-dealkylation sites (tertiary alicyclic amines) is 1. The first-order chi connectivity index (χ1) is 6.83. The zero-order valence-corrected chi connectivity index (χ0v) is 9.47. The predicted molar refractivity (Wildman–Crippen MR) is 59.3 cm³/mol. The van der Waals surface area contributed by atoms with Crippen molar-refractivity contribution in [2.24, 2.45) is 0 Å². The zero-order chi connectivity index (χ0) is 10.2. The molecule has 0 aromatic heterocycles. The summed E-state index contributed by atoms with van der Waals surface area (Å²) in [4.78, 5) is 2.42. The Hall–Kier alpha value is -0.110. The van der Waals surface area contributed by atoms with Gasteiger partial charge in [0, 0.05) is 13.1 Å². The van der Waals surface area contributed by atoms with Crippen LogP contribution in [-0.4, -0.2) is 30.7 Å². The molecule has 0 spiro atoms. The molecule has 0 saturated carbocycles. The van der Waals surface area contributed by atoms with E-state index < -0.39 is 6.17 Å². The quantitative estimate of drug-likeness (QED) is 0.595. The third-order valence-electron chi connectivity index (χ3n) is 3.10. The Morgan fingerprint density at radius 3 is 2.36 bits per heavy atom. The van der Waals surface area contributed by atoms with Gasteiger partial charge in [0.25, 0.3) is 0 Å². The van der Waals surface area contributed by atoms with Gasteiger partial charge in [0.05, 0.1) is 0 Å². The molecule has 0 aromatic carbocycles. The molecule has 0 aromatic rings. The Labute approximate surface area is 87.7 Å². The molecule has 0 unspecified atom stereocenters. The van der Waals surface area contributed by atoms with Gasteiger partial charge in [-0.2, -0.15) is 0 Å². The van der Waals surface area contributed by atoms with Crippen LogP contribution in [0.2, 0.25) is 0 Å². The van der Waals surface area contributed by atoms with Crippen molar-refractivity contribution >= 4 is 0 Å². The maximum absolute atomic E-state index is 12.8. The summed E-state index contributed by atoms with van der Waals surface area (Å²) in [5, 5.41) is 0. The van der Waals surface area contributed by atoms with Gasteiger partial charge in [-0.05, 0) is 25.8 Å². The topological polar surface area (TPSA) is 3.24 Å². The van der Waals surface area contributed by atoms with Crippen molar-refractivity contribution in [3.05, 3.63) is 0 Å². The summed E-state index contributed by atoms with van der Waals surface area (Å²) < 4.78 is 12.8. The van der Waals surface area contributed by atoms with Crippen molar-refractivity contribution in [2.75, 3.05) is 19.6 Å². The van der Waals surface area contributed by atoms with Crippen molar-refractivity contribution in [1.82, 2.24) is 4.90 Å². The first kappa shape index (κ1) is 12.0. The zero-order valence-electron chi connectivity index (χ0n) is 9.47. The summed E-state index contributed by atoms with van der Waals surface area (Å²) in [6.07, 6.45) is 7.70. The van der Waals surface area contributed by atoms with E-state index in [9.17, 15) is 4.39 Å². The Bertz CT molecular complexity index is 130. The number of halogens is 1. The van der Waals surface area contributed by atoms with Gasteiger partial charge in [0.15, 0.2) is 0 Å². The monoisotopic (exact) mass is 201 g/mol. The maximum Gasteiger partial charge on any atom is 0.103 e. The van der Waals surface area contributed by atoms with Crippen molar-refractivity contribution in [3.8, 4) is 0 Å². The van der Waals surface area contributed by atoms with E-state index in [0.29, 0.717) is 0 Å². The number of rotatable bonds is 6. The van der Waals surface area contributed by atoms with Gasteiger partial charge < -0.3 is 4.90 Å². The molecule has 84 valence electrons. The number of hydrogen-bond acceptors (Lipinski definition) is 1. The molecule has 0 radical (unpaired) electrons. The molecule has 1 rings (SSSR count). The molecule has 0 atom stereocenters. The fraction of sp³-hybridized carbons (Fsp3) is 1.00. The van der Waals surface area contributed by atoms with Crippen LogP contribution in [0.15, 0.2) is 0 Å². The van der Waals surface area contributed by atoms with Crippen LogP contribution >= 0.6 is 0 Å². The molecular formula is C12H24FN. The minimum atomic E-state index is -0.522. The summed E-state index contributed by atoms with van der Waals surface area (Å²) in [6.45, 7) is 5.40. The van der Waals surface area contributed by atoms with Crippen LogP contribution in [0.25, 0.3) is 0 Å². The molecule has 1 saturated heterocycles. The van der Waals surface area contributed by atoms with Gasteiger partial charge in [0.1, 0.15) is 6.17 Å². The molecule has 2 heteroatoms. The smallest absolute Gasteiger partial charge is 0.103 e. The number of nitrogens with zero attached hydrogens (tertiary/aromatic N) is 1. The molecule has 0 N–H and O–H groups in total. The van der Waals surface area contributed by atoms with E-state index in [2.05, 4.69) is 11.8 Å². The molecule has 0 aliphatic carbocycles. The lowest BCUT2D eigenvalue weighted by molar-refractivity contribution is 0.149. The first-order valence-corrected chi connectivity index (χ1v) is 6.19. The van der Waals surface area contributed by atoms with Crippen molar-refractivity contribution in [2.45, 2.75) is 58.0 Å². The van der Waals surface area contributed by atoms with Crippen LogP contribution in [0.1, 0.15) is 51.9 Å². The molecular weight excluding hydrogens is 177 g/mol. The lowest BCUT2D eigenvalue weighted by Crippen LogP contribution is -2.35. The number of alkyl halides is 1. The van der Waals surface area contributed by atoms with E-state index in [1.807, 2.05) is 0 Å². The minimum Gasteiger partial charge on any atom is -0.303 e. The molecule has 1 aliphatic rings. The molecule has 14 heavy (non-hydrogen) atoms. The second-order valence-corrected chi connectivity index (χ2v) is 4.43. The largest absolute Gasteiger partial charge is 0.303 e. The van der Waals surface area contributed by atoms with Gasteiger partial charge in [-0.15, -0.1) is 0 Å². The second kappa shape index (κ2) is 7.22. The third-order valence-corrected chi connectivity index (χ3v) is 3.10. The first-order valence-electron chi connectivity index (χ1n) is 6.19. The molecule has 1 nitrogen and oxygen atoms in total. The van der Waals surface area contributed by atoms with Crippen LogP contribution in [-0.2, 0) is 0 Å². The van der Waals surface area contributed by atoms with Crippen molar-refractivity contribution < 1.29 is 4.39 Å². The van der Waals surface area contributed by atoms with E-state index in [-0.39, 0.29) is 0 Å². The molecule has 0 amide bonds. The van der Waals surface area contributed by atoms with Crippen LogP contribution in [0, 0.1) is 0 Å². The fourth-order valence-corrected chi connectivity index (χ4v) is 2.06. The van der Waals surface area contributed by atoms with Crippen LogP contribution in [0.5, 0.6) is 0 Å². The number of piperidine rings is 1. The van der Waals surface area contributed by atoms with Gasteiger partial charge in [-0.1, -0.05) is 32.6 Å². The molecule has 0 bridgehead atoms. The standard InChI is InChI=1S/C12H24FN/c1-2-3-4-5-6-9-14-10-7-12(13)8-11-14/h12H,2-11H2,1H3. The Kier molecular flexibility index (Phi) is 6.17. The van der Waals surface area contributed by atoms with Gasteiger partial charge >= 0.3 is 0 Å². The molecule has 1 aliphatic heterocycles. The van der Waals surface area contributed by atoms with E-state index in [0.717, 1.165) is 25.9 Å². The average molecular weight is 201 g/mol. The second-order valence-electron chi connectivity index (χ2n) is 4.43. The van der Waals surface area contributed by atoms with Gasteiger partial charge in [0.2, 0.25) is 0 Å². The minimum absolute atomic E-state index is 0.522. The normalized spacial score (nSPS) is 20.1. The van der Waals surface area contributed by atoms with E-state index >= 15 is 0 Å². The lowest BCUT2D eigenvalue weighted by atomic mass is 10.1. The molecule has 1 fully saturated rings. The van der Waals surface area contributed by atoms with Crippen LogP contribution in [0.3, 0.4) is 0 Å². The van der Waals surface area contributed by atoms with Crippen LogP contribution in [0.4, 0.5) is 4.39 Å². The summed E-state index contributed by atoms with van der Waals surface area (Å²) in [7, 11) is 0. The highest BCUT2D eigenvalue weighted by Crippen LogP contribution is 2.14. The van der Waals surface area contributed by atoms with Crippen molar-refractivity contribution in [1.29, 1.82) is 0 Å². The maximum atomic E-state index is 12.8.